The van der Waals surface area contributed by atoms with E-state index in [1.807, 2.05) is 0 Å². The van der Waals surface area contributed by atoms with Crippen LogP contribution in [0.2, 0.25) is 0 Å². The van der Waals surface area contributed by atoms with E-state index in [9.17, 15) is 18.6 Å². The van der Waals surface area contributed by atoms with Gasteiger partial charge in [0, 0.05) is 10.8 Å². The van der Waals surface area contributed by atoms with Gasteiger partial charge in [-0.1, -0.05) is 24.3 Å². The van der Waals surface area contributed by atoms with Gasteiger partial charge >= 0.3 is 0 Å². The largest absolute Gasteiger partial charge is 0.508 e. The van der Waals surface area contributed by atoms with Crippen LogP contribution in [0.15, 0.2) is 70.5 Å². The maximum Gasteiger partial charge on any atom is 0.207 e. The predicted octanol–water partition coefficient (Wildman–Crippen LogP) is 3.08. The second-order valence-electron chi connectivity index (χ2n) is 4.63. The standard InChI is InChI=1S/C16H12O4S/c17-11-5-7-12(8-6-11)21(19,20)16-10-9-15(18)13-3-1-2-4-14(13)16/h1-10,17-18H. The fraction of sp³-hybridized carbons (Fsp3) is 0. The SMILES string of the molecule is O=S(=O)(c1ccc(O)cc1)c1ccc(O)c2ccccc12. The van der Waals surface area contributed by atoms with Gasteiger partial charge in [-0.2, -0.15) is 0 Å². The lowest BCUT2D eigenvalue weighted by molar-refractivity contribution is 0.474. The number of benzene rings is 3. The minimum atomic E-state index is -3.72. The number of aromatic hydroxyl groups is 2. The third kappa shape index (κ3) is 2.21. The summed E-state index contributed by atoms with van der Waals surface area (Å²) >= 11 is 0. The molecule has 0 heterocycles. The summed E-state index contributed by atoms with van der Waals surface area (Å²) in [6.07, 6.45) is 0. The summed E-state index contributed by atoms with van der Waals surface area (Å²) in [5, 5.41) is 20.1. The van der Waals surface area contributed by atoms with E-state index in [1.54, 1.807) is 24.3 Å². The number of sulfone groups is 1. The summed E-state index contributed by atoms with van der Waals surface area (Å²) in [6, 6.07) is 14.9. The highest BCUT2D eigenvalue weighted by atomic mass is 32.2. The fourth-order valence-corrected chi connectivity index (χ4v) is 3.71. The number of fused-ring (bicyclic) bond motifs is 1. The molecule has 0 aliphatic carbocycles. The van der Waals surface area contributed by atoms with Crippen LogP contribution in [-0.4, -0.2) is 18.6 Å². The van der Waals surface area contributed by atoms with Gasteiger partial charge in [-0.05, 0) is 36.4 Å². The van der Waals surface area contributed by atoms with Crippen molar-refractivity contribution < 1.29 is 18.6 Å². The highest BCUT2D eigenvalue weighted by Gasteiger charge is 2.21. The maximum atomic E-state index is 12.7. The zero-order chi connectivity index (χ0) is 15.0. The lowest BCUT2D eigenvalue weighted by Gasteiger charge is -2.09. The van der Waals surface area contributed by atoms with Gasteiger partial charge < -0.3 is 10.2 Å². The van der Waals surface area contributed by atoms with E-state index in [-0.39, 0.29) is 21.3 Å². The second-order valence-corrected chi connectivity index (χ2v) is 6.54. The molecule has 0 bridgehead atoms. The first kappa shape index (κ1) is 13.5. The molecule has 0 unspecified atom stereocenters. The molecule has 0 aromatic heterocycles. The van der Waals surface area contributed by atoms with E-state index in [1.165, 1.54) is 36.4 Å². The van der Waals surface area contributed by atoms with E-state index in [4.69, 9.17) is 0 Å². The first-order valence-corrected chi connectivity index (χ1v) is 7.73. The molecule has 3 aromatic carbocycles. The molecule has 0 amide bonds. The molecule has 5 heteroatoms. The molecule has 0 spiro atoms. The second kappa shape index (κ2) is 4.79. The van der Waals surface area contributed by atoms with Crippen molar-refractivity contribution in [1.29, 1.82) is 0 Å². The third-order valence-electron chi connectivity index (χ3n) is 3.30. The minimum Gasteiger partial charge on any atom is -0.508 e. The van der Waals surface area contributed by atoms with Crippen molar-refractivity contribution in [3.05, 3.63) is 60.7 Å². The van der Waals surface area contributed by atoms with Crippen LogP contribution in [0.3, 0.4) is 0 Å². The number of phenolic OH excluding ortho intramolecular Hbond substituents is 2. The number of rotatable bonds is 2. The molecule has 0 atom stereocenters. The van der Waals surface area contributed by atoms with Crippen molar-refractivity contribution in [2.75, 3.05) is 0 Å². The number of hydrogen-bond acceptors (Lipinski definition) is 4. The van der Waals surface area contributed by atoms with Crippen LogP contribution < -0.4 is 0 Å². The Morgan fingerprint density at radius 3 is 2.00 bits per heavy atom. The monoisotopic (exact) mass is 300 g/mol. The molecule has 3 aromatic rings. The average molecular weight is 300 g/mol. The lowest BCUT2D eigenvalue weighted by Crippen LogP contribution is -2.02. The molecular weight excluding hydrogens is 288 g/mol. The number of phenols is 2. The third-order valence-corrected chi connectivity index (χ3v) is 5.13. The summed E-state index contributed by atoms with van der Waals surface area (Å²) < 4.78 is 25.4. The smallest absolute Gasteiger partial charge is 0.207 e. The number of hydrogen-bond donors (Lipinski definition) is 2. The Kier molecular flexibility index (Phi) is 3.07. The van der Waals surface area contributed by atoms with E-state index in [0.717, 1.165) is 0 Å². The van der Waals surface area contributed by atoms with E-state index >= 15 is 0 Å². The van der Waals surface area contributed by atoms with Gasteiger partial charge in [0.05, 0.1) is 9.79 Å². The molecule has 2 N–H and O–H groups in total. The first-order valence-electron chi connectivity index (χ1n) is 6.25. The highest BCUT2D eigenvalue weighted by molar-refractivity contribution is 7.91. The van der Waals surface area contributed by atoms with E-state index in [0.29, 0.717) is 10.8 Å². The molecule has 0 radical (unpaired) electrons. The zero-order valence-corrected chi connectivity index (χ0v) is 11.7. The van der Waals surface area contributed by atoms with Crippen LogP contribution in [-0.2, 0) is 9.84 Å². The molecule has 4 nitrogen and oxygen atoms in total. The maximum absolute atomic E-state index is 12.7. The molecule has 0 aliphatic rings. The molecule has 0 aliphatic heterocycles. The Bertz CT molecular complexity index is 913. The van der Waals surface area contributed by atoms with Crippen molar-refractivity contribution in [2.45, 2.75) is 9.79 Å². The Morgan fingerprint density at radius 1 is 0.714 bits per heavy atom. The van der Waals surface area contributed by atoms with Gasteiger partial charge in [0.1, 0.15) is 11.5 Å². The summed E-state index contributed by atoms with van der Waals surface area (Å²) in [6.45, 7) is 0. The first-order chi connectivity index (χ1) is 10.00. The molecule has 0 saturated carbocycles. The van der Waals surface area contributed by atoms with Gasteiger partial charge in [0.25, 0.3) is 0 Å². The Labute approximate surface area is 121 Å². The van der Waals surface area contributed by atoms with Crippen molar-refractivity contribution >= 4 is 20.6 Å². The normalized spacial score (nSPS) is 11.6. The van der Waals surface area contributed by atoms with E-state index < -0.39 is 9.84 Å². The Morgan fingerprint density at radius 2 is 1.33 bits per heavy atom. The minimum absolute atomic E-state index is 0.00418. The lowest BCUT2D eigenvalue weighted by atomic mass is 10.1. The van der Waals surface area contributed by atoms with Crippen LogP contribution in [0.4, 0.5) is 0 Å². The van der Waals surface area contributed by atoms with Crippen molar-refractivity contribution in [1.82, 2.24) is 0 Å². The van der Waals surface area contributed by atoms with Gasteiger partial charge in [-0.15, -0.1) is 0 Å². The average Bonchev–Trinajstić information content (AvgIpc) is 2.48. The highest BCUT2D eigenvalue weighted by Crippen LogP contribution is 2.33. The van der Waals surface area contributed by atoms with Crippen LogP contribution in [0, 0.1) is 0 Å². The molecular formula is C16H12O4S. The summed E-state index contributed by atoms with van der Waals surface area (Å²) in [7, 11) is -3.72. The van der Waals surface area contributed by atoms with Crippen LogP contribution >= 0.6 is 0 Å². The molecule has 3 rings (SSSR count). The predicted molar refractivity (Wildman–Crippen MR) is 79.2 cm³/mol. The van der Waals surface area contributed by atoms with Gasteiger partial charge in [0.2, 0.25) is 9.84 Å². The summed E-state index contributed by atoms with van der Waals surface area (Å²) in [5.41, 5.74) is 0. The Hall–Kier alpha value is -2.53. The topological polar surface area (TPSA) is 74.6 Å². The van der Waals surface area contributed by atoms with Crippen molar-refractivity contribution in [2.24, 2.45) is 0 Å². The van der Waals surface area contributed by atoms with Crippen molar-refractivity contribution in [3.63, 3.8) is 0 Å². The van der Waals surface area contributed by atoms with Crippen LogP contribution in [0.1, 0.15) is 0 Å². The summed E-state index contributed by atoms with van der Waals surface area (Å²) in [4.78, 5) is 0.220. The van der Waals surface area contributed by atoms with Crippen LogP contribution in [0.25, 0.3) is 10.8 Å². The van der Waals surface area contributed by atoms with E-state index in [2.05, 4.69) is 0 Å². The van der Waals surface area contributed by atoms with Gasteiger partial charge in [-0.3, -0.25) is 0 Å². The molecule has 0 fully saturated rings. The fourth-order valence-electron chi connectivity index (χ4n) is 2.24. The quantitative estimate of drug-likeness (QED) is 0.762. The van der Waals surface area contributed by atoms with Crippen LogP contribution in [0.5, 0.6) is 11.5 Å². The molecule has 0 saturated heterocycles. The Balaban J connectivity index is 2.29. The zero-order valence-electron chi connectivity index (χ0n) is 10.9. The molecule has 106 valence electrons. The van der Waals surface area contributed by atoms with Crippen molar-refractivity contribution in [3.8, 4) is 11.5 Å². The molecule has 21 heavy (non-hydrogen) atoms. The summed E-state index contributed by atoms with van der Waals surface area (Å²) in [5.74, 6) is 0.0415. The van der Waals surface area contributed by atoms with Gasteiger partial charge in [-0.25, -0.2) is 8.42 Å². The van der Waals surface area contributed by atoms with Gasteiger partial charge in [0.15, 0.2) is 0 Å².